The number of fused-ring (bicyclic) bond motifs is 1. The van der Waals surface area contributed by atoms with Crippen LogP contribution in [0.1, 0.15) is 70.0 Å². The van der Waals surface area contributed by atoms with Gasteiger partial charge in [0.25, 0.3) is 11.8 Å². The molecule has 2 heterocycles. The lowest BCUT2D eigenvalue weighted by Crippen LogP contribution is -2.31. The first-order valence-electron chi connectivity index (χ1n) is 11.2. The number of nitrogens with zero attached hydrogens (tertiary/aromatic N) is 1. The summed E-state index contributed by atoms with van der Waals surface area (Å²) in [5, 5.41) is 6.06. The largest absolute Gasteiger partial charge is 0.373 e. The minimum atomic E-state index is -0.326. The number of hydrogen-bond acceptors (Lipinski definition) is 3. The minimum absolute atomic E-state index is 0.125. The number of rotatable bonds is 7. The normalized spacial score (nSPS) is 14.8. The molecular weight excluding hydrogens is 421 g/mol. The summed E-state index contributed by atoms with van der Waals surface area (Å²) in [4.78, 5) is 26.3. The van der Waals surface area contributed by atoms with Gasteiger partial charge >= 0.3 is 0 Å². The smallest absolute Gasteiger partial charge is 0.268 e. The van der Waals surface area contributed by atoms with Crippen molar-refractivity contribution < 1.29 is 18.7 Å². The molecule has 7 heteroatoms. The van der Waals surface area contributed by atoms with Crippen molar-refractivity contribution in [2.24, 2.45) is 0 Å². The Morgan fingerprint density at radius 1 is 1.03 bits per heavy atom. The van der Waals surface area contributed by atoms with E-state index in [0.29, 0.717) is 30.1 Å². The number of hydrogen-bond donors (Lipinski definition) is 2. The van der Waals surface area contributed by atoms with Crippen molar-refractivity contribution in [3.63, 3.8) is 0 Å². The van der Waals surface area contributed by atoms with Crippen LogP contribution in [0.3, 0.4) is 0 Å². The molecule has 2 aromatic carbocycles. The molecule has 1 aliphatic rings. The summed E-state index contributed by atoms with van der Waals surface area (Å²) in [6.07, 6.45) is 0.745. The molecule has 3 aromatic rings. The van der Waals surface area contributed by atoms with Crippen LogP contribution in [0.25, 0.3) is 0 Å². The van der Waals surface area contributed by atoms with Crippen molar-refractivity contribution in [1.82, 2.24) is 15.2 Å². The van der Waals surface area contributed by atoms with Gasteiger partial charge in [-0.15, -0.1) is 0 Å². The van der Waals surface area contributed by atoms with Crippen molar-refractivity contribution in [2.45, 2.75) is 45.5 Å². The number of carbonyl (C=O) groups is 2. The molecule has 1 aromatic heterocycles. The molecule has 0 fully saturated rings. The van der Waals surface area contributed by atoms with Crippen LogP contribution in [-0.4, -0.2) is 23.0 Å². The van der Waals surface area contributed by atoms with Crippen molar-refractivity contribution in [3.8, 4) is 0 Å². The lowest BCUT2D eigenvalue weighted by molar-refractivity contribution is 0.0774. The first kappa shape index (κ1) is 22.7. The van der Waals surface area contributed by atoms with E-state index in [2.05, 4.69) is 10.6 Å². The SMILES string of the molecule is CC[C@H](NC(=O)c1cc(C(=O)N[C@H](C)c2ccc(F)cc2)c2n1CCOC2)c1ccccc1. The topological polar surface area (TPSA) is 72.4 Å². The molecule has 0 aliphatic carbocycles. The van der Waals surface area contributed by atoms with Gasteiger partial charge in [0, 0.05) is 6.54 Å². The van der Waals surface area contributed by atoms with E-state index < -0.39 is 0 Å². The van der Waals surface area contributed by atoms with Gasteiger partial charge in [-0.1, -0.05) is 49.4 Å². The highest BCUT2D eigenvalue weighted by molar-refractivity contribution is 6.01. The predicted octanol–water partition coefficient (Wildman–Crippen LogP) is 4.53. The molecule has 0 saturated carbocycles. The Morgan fingerprint density at radius 3 is 2.45 bits per heavy atom. The molecule has 1 aliphatic heterocycles. The fourth-order valence-corrected chi connectivity index (χ4v) is 4.16. The number of nitrogens with one attached hydrogen (secondary N) is 2. The van der Waals surface area contributed by atoms with E-state index in [0.717, 1.165) is 17.5 Å². The molecule has 0 saturated heterocycles. The summed E-state index contributed by atoms with van der Waals surface area (Å²) in [5.74, 6) is -0.845. The Morgan fingerprint density at radius 2 is 1.76 bits per heavy atom. The summed E-state index contributed by atoms with van der Waals surface area (Å²) < 4.78 is 20.7. The highest BCUT2D eigenvalue weighted by Gasteiger charge is 2.27. The van der Waals surface area contributed by atoms with Crippen molar-refractivity contribution in [2.75, 3.05) is 6.61 Å². The van der Waals surface area contributed by atoms with Crippen LogP contribution in [0.4, 0.5) is 4.39 Å². The summed E-state index contributed by atoms with van der Waals surface area (Å²) in [7, 11) is 0. The lowest BCUT2D eigenvalue weighted by Gasteiger charge is -2.21. The molecule has 0 bridgehead atoms. The Hall–Kier alpha value is -3.45. The van der Waals surface area contributed by atoms with Gasteiger partial charge < -0.3 is 19.9 Å². The second-order valence-electron chi connectivity index (χ2n) is 8.19. The zero-order chi connectivity index (χ0) is 23.4. The van der Waals surface area contributed by atoms with E-state index >= 15 is 0 Å². The van der Waals surface area contributed by atoms with E-state index in [1.165, 1.54) is 12.1 Å². The van der Waals surface area contributed by atoms with Gasteiger partial charge in [-0.2, -0.15) is 0 Å². The lowest BCUT2D eigenvalue weighted by atomic mass is 10.0. The van der Waals surface area contributed by atoms with Gasteiger partial charge in [0.05, 0.1) is 36.6 Å². The Balaban J connectivity index is 1.56. The van der Waals surface area contributed by atoms with Gasteiger partial charge in [0.15, 0.2) is 0 Å². The van der Waals surface area contributed by atoms with Crippen molar-refractivity contribution in [1.29, 1.82) is 0 Å². The maximum atomic E-state index is 13.2. The number of halogens is 1. The molecular formula is C26H28FN3O3. The summed E-state index contributed by atoms with van der Waals surface area (Å²) in [5.41, 5.74) is 3.38. The number of aromatic nitrogens is 1. The van der Waals surface area contributed by atoms with E-state index in [9.17, 15) is 14.0 Å². The minimum Gasteiger partial charge on any atom is -0.373 e. The average molecular weight is 450 g/mol. The highest BCUT2D eigenvalue weighted by atomic mass is 19.1. The monoisotopic (exact) mass is 449 g/mol. The molecule has 0 spiro atoms. The first-order chi connectivity index (χ1) is 16.0. The Labute approximate surface area is 192 Å². The van der Waals surface area contributed by atoms with Crippen LogP contribution in [0.5, 0.6) is 0 Å². The molecule has 6 nitrogen and oxygen atoms in total. The maximum Gasteiger partial charge on any atom is 0.268 e. The number of benzene rings is 2. The molecule has 2 amide bonds. The van der Waals surface area contributed by atoms with E-state index in [1.54, 1.807) is 18.2 Å². The van der Waals surface area contributed by atoms with Crippen LogP contribution < -0.4 is 10.6 Å². The zero-order valence-corrected chi connectivity index (χ0v) is 18.8. The molecule has 2 N–H and O–H groups in total. The fourth-order valence-electron chi connectivity index (χ4n) is 4.16. The Kier molecular flexibility index (Phi) is 6.89. The molecule has 4 rings (SSSR count). The summed E-state index contributed by atoms with van der Waals surface area (Å²) >= 11 is 0. The van der Waals surface area contributed by atoms with E-state index in [-0.39, 0.29) is 36.3 Å². The summed E-state index contributed by atoms with van der Waals surface area (Å²) in [6, 6.07) is 17.0. The third kappa shape index (κ3) is 4.98. The second-order valence-corrected chi connectivity index (χ2v) is 8.19. The third-order valence-electron chi connectivity index (χ3n) is 6.02. The number of carbonyl (C=O) groups excluding carboxylic acids is 2. The van der Waals surface area contributed by atoms with Gasteiger partial charge in [-0.3, -0.25) is 9.59 Å². The highest BCUT2D eigenvalue weighted by Crippen LogP contribution is 2.24. The Bertz CT molecular complexity index is 1130. The molecule has 0 unspecified atom stereocenters. The average Bonchev–Trinajstić information content (AvgIpc) is 3.23. The predicted molar refractivity (Wildman–Crippen MR) is 123 cm³/mol. The molecule has 0 radical (unpaired) electrons. The van der Waals surface area contributed by atoms with Crippen LogP contribution in [0, 0.1) is 5.82 Å². The van der Waals surface area contributed by atoms with Crippen LogP contribution in [0.2, 0.25) is 0 Å². The van der Waals surface area contributed by atoms with E-state index in [1.807, 2.05) is 48.7 Å². The van der Waals surface area contributed by atoms with Crippen LogP contribution in [-0.2, 0) is 17.9 Å². The van der Waals surface area contributed by atoms with Crippen LogP contribution in [0.15, 0.2) is 60.7 Å². The van der Waals surface area contributed by atoms with Gasteiger partial charge in [-0.25, -0.2) is 4.39 Å². The van der Waals surface area contributed by atoms with E-state index in [4.69, 9.17) is 4.74 Å². The molecule has 33 heavy (non-hydrogen) atoms. The quantitative estimate of drug-likeness (QED) is 0.557. The number of ether oxygens (including phenoxy) is 1. The van der Waals surface area contributed by atoms with Crippen molar-refractivity contribution >= 4 is 11.8 Å². The fraction of sp³-hybridized carbons (Fsp3) is 0.308. The summed E-state index contributed by atoms with van der Waals surface area (Å²) in [6.45, 7) is 5.10. The third-order valence-corrected chi connectivity index (χ3v) is 6.02. The number of amides is 2. The van der Waals surface area contributed by atoms with Crippen molar-refractivity contribution in [3.05, 3.63) is 94.6 Å². The molecule has 172 valence electrons. The zero-order valence-electron chi connectivity index (χ0n) is 18.8. The van der Waals surface area contributed by atoms with Crippen LogP contribution >= 0.6 is 0 Å². The maximum absolute atomic E-state index is 13.2. The molecule has 2 atom stereocenters. The second kappa shape index (κ2) is 10.0. The standard InChI is InChI=1S/C26H28FN3O3/c1-3-22(19-7-5-4-6-8-19)29-26(32)23-15-21(24-16-33-14-13-30(23)24)25(31)28-17(2)18-9-11-20(27)12-10-18/h4-12,15,17,22H,3,13-14,16H2,1-2H3,(H,28,31)(H,29,32)/t17-,22+/m1/s1. The van der Waals surface area contributed by atoms with Gasteiger partial charge in [0.1, 0.15) is 11.5 Å². The van der Waals surface area contributed by atoms with Gasteiger partial charge in [0.2, 0.25) is 0 Å². The first-order valence-corrected chi connectivity index (χ1v) is 11.2. The van der Waals surface area contributed by atoms with Gasteiger partial charge in [-0.05, 0) is 42.7 Å².